The number of benzene rings is 4. The number of aliphatic hydroxyl groups is 1. The van der Waals surface area contributed by atoms with Crippen molar-refractivity contribution in [1.29, 1.82) is 0 Å². The molecule has 13 heteroatoms. The number of hydrogen-bond donors (Lipinski definition) is 3. The quantitative estimate of drug-likeness (QED) is 0.0975. The van der Waals surface area contributed by atoms with Gasteiger partial charge in [-0.3, -0.25) is 10.2 Å². The average Bonchev–Trinajstić information content (AvgIpc) is 3.54. The van der Waals surface area contributed by atoms with E-state index in [1.54, 1.807) is 62.8 Å². The lowest BCUT2D eigenvalue weighted by atomic mass is 9.85. The molecular formula is C37H40BrN3O8S. The third-order valence-corrected chi connectivity index (χ3v) is 10.7. The van der Waals surface area contributed by atoms with Crippen LogP contribution in [-0.2, 0) is 25.8 Å². The van der Waals surface area contributed by atoms with Crippen LogP contribution in [0.5, 0.6) is 17.2 Å². The highest BCUT2D eigenvalue weighted by Gasteiger charge is 2.54. The highest BCUT2D eigenvalue weighted by Crippen LogP contribution is 2.45. The number of ether oxygens (including phenoxy) is 4. The van der Waals surface area contributed by atoms with E-state index in [1.165, 1.54) is 12.1 Å². The van der Waals surface area contributed by atoms with Gasteiger partial charge in [0.2, 0.25) is 5.90 Å². The summed E-state index contributed by atoms with van der Waals surface area (Å²) in [5.41, 5.74) is 6.20. The van der Waals surface area contributed by atoms with Gasteiger partial charge in [0, 0.05) is 41.6 Å². The van der Waals surface area contributed by atoms with Crippen molar-refractivity contribution in [1.82, 2.24) is 10.9 Å². The Labute approximate surface area is 300 Å². The first kappa shape index (κ1) is 36.8. The molecular weight excluding hydrogens is 726 g/mol. The molecule has 1 amide bonds. The molecule has 1 aliphatic rings. The third kappa shape index (κ3) is 8.64. The molecule has 1 heterocycles. The Morgan fingerprint density at radius 1 is 0.960 bits per heavy atom. The third-order valence-electron chi connectivity index (χ3n) is 8.28. The number of aliphatic imine (C=N–C) groups is 1. The molecule has 11 nitrogen and oxygen atoms in total. The van der Waals surface area contributed by atoms with E-state index in [0.717, 1.165) is 5.56 Å². The molecule has 0 saturated heterocycles. The average molecular weight is 767 g/mol. The molecule has 0 aromatic heterocycles. The van der Waals surface area contributed by atoms with E-state index in [-0.39, 0.29) is 29.6 Å². The van der Waals surface area contributed by atoms with E-state index in [2.05, 4.69) is 26.8 Å². The molecule has 4 aromatic carbocycles. The minimum Gasteiger partial charge on any atom is -0.497 e. The molecule has 2 atom stereocenters. The topological polar surface area (TPSA) is 145 Å². The molecule has 1 aliphatic heterocycles. The van der Waals surface area contributed by atoms with Crippen LogP contribution in [0.4, 0.5) is 0 Å². The highest BCUT2D eigenvalue weighted by molar-refractivity contribution is 9.10. The standard InChI is InChI=1S/C37H40BrN3O8S/c1-46-29-17-18-33(47-2)27(25-29)19-21-39-41-36(43)37(20-24-50(44,45)30-9-4-3-5-10-30)34(31-11-6-7-12-32(31)38)49-35(40-37)26-13-15-28(16-14-26)48-23-8-22-42/h3-7,9-18,25,34,39,42H,8,19-24H2,1-2H3,(H,41,43)/t34-,37-/m0/s1. The Kier molecular flexibility index (Phi) is 12.5. The fourth-order valence-corrected chi connectivity index (χ4v) is 7.48. The lowest BCUT2D eigenvalue weighted by molar-refractivity contribution is -0.130. The monoisotopic (exact) mass is 765 g/mol. The summed E-state index contributed by atoms with van der Waals surface area (Å²) in [4.78, 5) is 19.5. The number of nitrogens with one attached hydrogen (secondary N) is 2. The van der Waals surface area contributed by atoms with Crippen LogP contribution in [0.2, 0.25) is 0 Å². The maximum Gasteiger partial charge on any atom is 0.266 e. The number of carbonyl (C=O) groups is 1. The SMILES string of the molecule is COc1ccc(OC)c(CCNNC(=O)[C@@]2(CCS(=O)(=O)c3ccccc3)N=C(c3ccc(OCCCO)cc3)O[C@H]2c2ccccc2Br)c1. The smallest absolute Gasteiger partial charge is 0.266 e. The number of methoxy groups -OCH3 is 2. The van der Waals surface area contributed by atoms with Crippen molar-refractivity contribution in [3.05, 3.63) is 118 Å². The van der Waals surface area contributed by atoms with Crippen LogP contribution in [-0.4, -0.2) is 70.6 Å². The number of hydrogen-bond acceptors (Lipinski definition) is 10. The Morgan fingerprint density at radius 2 is 1.68 bits per heavy atom. The van der Waals surface area contributed by atoms with Crippen LogP contribution >= 0.6 is 15.9 Å². The largest absolute Gasteiger partial charge is 0.497 e. The van der Waals surface area contributed by atoms with Gasteiger partial charge < -0.3 is 24.1 Å². The second kappa shape index (κ2) is 17.0. The number of hydrazine groups is 1. The van der Waals surface area contributed by atoms with Gasteiger partial charge in [0.25, 0.3) is 5.91 Å². The van der Waals surface area contributed by atoms with Gasteiger partial charge in [-0.25, -0.2) is 18.8 Å². The van der Waals surface area contributed by atoms with E-state index in [9.17, 15) is 13.2 Å². The maximum atomic E-state index is 14.5. The van der Waals surface area contributed by atoms with Crippen molar-refractivity contribution < 1.29 is 37.3 Å². The minimum atomic E-state index is -3.81. The van der Waals surface area contributed by atoms with Crippen molar-refractivity contribution in [3.8, 4) is 17.2 Å². The first-order valence-corrected chi connectivity index (χ1v) is 18.5. The Morgan fingerprint density at radius 3 is 2.38 bits per heavy atom. The number of nitrogens with zero attached hydrogens (tertiary/aromatic N) is 1. The van der Waals surface area contributed by atoms with Crippen LogP contribution in [0.3, 0.4) is 0 Å². The van der Waals surface area contributed by atoms with E-state index in [1.807, 2.05) is 36.4 Å². The summed E-state index contributed by atoms with van der Waals surface area (Å²) in [6.45, 7) is 0.698. The first-order valence-electron chi connectivity index (χ1n) is 16.1. The second-order valence-corrected chi connectivity index (χ2v) is 14.5. The van der Waals surface area contributed by atoms with Gasteiger partial charge in [-0.1, -0.05) is 52.3 Å². The van der Waals surface area contributed by atoms with E-state index in [0.29, 0.717) is 58.8 Å². The molecule has 0 radical (unpaired) electrons. The molecule has 4 aromatic rings. The van der Waals surface area contributed by atoms with Crippen molar-refractivity contribution >= 4 is 37.6 Å². The summed E-state index contributed by atoms with van der Waals surface area (Å²) < 4.78 is 50.9. The molecule has 0 saturated carbocycles. The van der Waals surface area contributed by atoms with Crippen molar-refractivity contribution in [2.45, 2.75) is 35.8 Å². The van der Waals surface area contributed by atoms with Crippen LogP contribution in [0, 0.1) is 0 Å². The van der Waals surface area contributed by atoms with Crippen molar-refractivity contribution in [2.75, 3.05) is 39.7 Å². The number of carbonyl (C=O) groups excluding carboxylic acids is 1. The molecule has 3 N–H and O–H groups in total. The summed E-state index contributed by atoms with van der Waals surface area (Å²) in [5, 5.41) is 9.08. The predicted octanol–water partition coefficient (Wildman–Crippen LogP) is 5.21. The Balaban J connectivity index is 1.48. The lowest BCUT2D eigenvalue weighted by Gasteiger charge is -2.31. The van der Waals surface area contributed by atoms with Gasteiger partial charge >= 0.3 is 0 Å². The molecule has 0 unspecified atom stereocenters. The molecule has 0 bridgehead atoms. The zero-order valence-electron chi connectivity index (χ0n) is 27.8. The molecule has 5 rings (SSSR count). The zero-order chi connectivity index (χ0) is 35.6. The van der Waals surface area contributed by atoms with Crippen LogP contribution < -0.4 is 25.1 Å². The number of aliphatic hydroxyl groups excluding tert-OH is 1. The van der Waals surface area contributed by atoms with Gasteiger partial charge in [-0.05, 0) is 72.6 Å². The summed E-state index contributed by atoms with van der Waals surface area (Å²) in [6.07, 6.45) is -0.184. The Bertz CT molecular complexity index is 1890. The van der Waals surface area contributed by atoms with E-state index < -0.39 is 27.4 Å². The van der Waals surface area contributed by atoms with Crippen LogP contribution in [0.1, 0.15) is 35.6 Å². The summed E-state index contributed by atoms with van der Waals surface area (Å²) in [5.74, 6) is 1.20. The predicted molar refractivity (Wildman–Crippen MR) is 193 cm³/mol. The molecule has 0 fully saturated rings. The van der Waals surface area contributed by atoms with Gasteiger partial charge in [-0.15, -0.1) is 0 Å². The van der Waals surface area contributed by atoms with Gasteiger partial charge in [0.1, 0.15) is 17.2 Å². The van der Waals surface area contributed by atoms with Crippen LogP contribution in [0.15, 0.2) is 111 Å². The van der Waals surface area contributed by atoms with Gasteiger partial charge in [0.05, 0.1) is 31.5 Å². The number of amides is 1. The minimum absolute atomic E-state index is 0.0212. The highest BCUT2D eigenvalue weighted by atomic mass is 79.9. The van der Waals surface area contributed by atoms with E-state index in [4.69, 9.17) is 29.0 Å². The summed E-state index contributed by atoms with van der Waals surface area (Å²) in [7, 11) is -0.634. The Hall–Kier alpha value is -4.43. The van der Waals surface area contributed by atoms with E-state index >= 15 is 0 Å². The van der Waals surface area contributed by atoms with Crippen molar-refractivity contribution in [3.63, 3.8) is 0 Å². The number of sulfone groups is 1. The maximum absolute atomic E-state index is 14.5. The molecule has 0 spiro atoms. The molecule has 50 heavy (non-hydrogen) atoms. The van der Waals surface area contributed by atoms with Crippen molar-refractivity contribution in [2.24, 2.45) is 4.99 Å². The summed E-state index contributed by atoms with van der Waals surface area (Å²) >= 11 is 3.61. The van der Waals surface area contributed by atoms with Gasteiger partial charge in [-0.2, -0.15) is 0 Å². The fourth-order valence-electron chi connectivity index (χ4n) is 5.60. The molecule has 0 aliphatic carbocycles. The normalized spacial score (nSPS) is 17.0. The summed E-state index contributed by atoms with van der Waals surface area (Å²) in [6, 6.07) is 28.0. The second-order valence-electron chi connectivity index (χ2n) is 11.5. The zero-order valence-corrected chi connectivity index (χ0v) is 30.2. The number of rotatable bonds is 17. The number of halogens is 1. The molecule has 264 valence electrons. The lowest BCUT2D eigenvalue weighted by Crippen LogP contribution is -2.53. The van der Waals surface area contributed by atoms with Crippen LogP contribution in [0.25, 0.3) is 0 Å². The first-order chi connectivity index (χ1) is 24.2. The fraction of sp³-hybridized carbons (Fsp3) is 0.297. The van der Waals surface area contributed by atoms with Gasteiger partial charge in [0.15, 0.2) is 21.5 Å².